The van der Waals surface area contributed by atoms with E-state index >= 15 is 0 Å². The van der Waals surface area contributed by atoms with Gasteiger partial charge < -0.3 is 20.1 Å². The third-order valence-corrected chi connectivity index (χ3v) is 3.91. The van der Waals surface area contributed by atoms with Crippen LogP contribution in [0.1, 0.15) is 0 Å². The van der Waals surface area contributed by atoms with Crippen LogP contribution >= 0.6 is 36.9 Å². The molecule has 2 N–H and O–H groups in total. The standard InChI is InChI=1S/C9H10ClNO2S.C9H11NO2S/c1-13-8-3-2-6(10)4-7(8)11-9(12)5-14;1-12-8-5-3-2-4-7(8)10-9(11)6-13/h2-4,14H,5H2,1H3,(H,11,12);2-5,13H,6H2,1H3,(H,10,11). The molecule has 6 nitrogen and oxygen atoms in total. The molecule has 2 amide bonds. The molecule has 0 aliphatic heterocycles. The highest BCUT2D eigenvalue weighted by molar-refractivity contribution is 7.81. The van der Waals surface area contributed by atoms with Crippen LogP contribution in [0.3, 0.4) is 0 Å². The van der Waals surface area contributed by atoms with Crippen molar-refractivity contribution < 1.29 is 19.1 Å². The lowest BCUT2D eigenvalue weighted by Gasteiger charge is -2.09. The average Bonchev–Trinajstić information content (AvgIpc) is 2.68. The quantitative estimate of drug-likeness (QED) is 0.528. The predicted octanol–water partition coefficient (Wildman–Crippen LogP) is 3.78. The third kappa shape index (κ3) is 8.03. The van der Waals surface area contributed by atoms with Gasteiger partial charge in [-0.25, -0.2) is 0 Å². The number of carbonyl (C=O) groups is 2. The lowest BCUT2D eigenvalue weighted by atomic mass is 10.3. The largest absolute Gasteiger partial charge is 0.495 e. The topological polar surface area (TPSA) is 76.7 Å². The fourth-order valence-corrected chi connectivity index (χ4v) is 2.24. The first-order valence-corrected chi connectivity index (χ1v) is 9.37. The maximum Gasteiger partial charge on any atom is 0.234 e. The molecule has 0 aromatic heterocycles. The molecule has 0 unspecified atom stereocenters. The van der Waals surface area contributed by atoms with E-state index in [0.29, 0.717) is 27.9 Å². The molecular formula is C18H21ClN2O4S2. The van der Waals surface area contributed by atoms with Crippen molar-refractivity contribution in [2.24, 2.45) is 0 Å². The van der Waals surface area contributed by atoms with Gasteiger partial charge in [0.25, 0.3) is 0 Å². The first-order chi connectivity index (χ1) is 12.9. The van der Waals surface area contributed by atoms with Crippen LogP contribution in [0.15, 0.2) is 42.5 Å². The number of hydrogen-bond acceptors (Lipinski definition) is 6. The second-order valence-corrected chi connectivity index (χ2v) is 6.03. The molecule has 0 radical (unpaired) electrons. The molecule has 0 spiro atoms. The van der Waals surface area contributed by atoms with E-state index in [4.69, 9.17) is 21.1 Å². The molecule has 0 aliphatic carbocycles. The number of methoxy groups -OCH3 is 2. The molecule has 0 atom stereocenters. The van der Waals surface area contributed by atoms with Crippen molar-refractivity contribution in [1.82, 2.24) is 0 Å². The normalized spacial score (nSPS) is 9.52. The van der Waals surface area contributed by atoms with Gasteiger partial charge in [0.15, 0.2) is 0 Å². The van der Waals surface area contributed by atoms with Gasteiger partial charge in [-0.3, -0.25) is 9.59 Å². The third-order valence-electron chi connectivity index (χ3n) is 3.10. The number of rotatable bonds is 6. The summed E-state index contributed by atoms with van der Waals surface area (Å²) < 4.78 is 10.1. The van der Waals surface area contributed by atoms with Gasteiger partial charge in [0.1, 0.15) is 11.5 Å². The van der Waals surface area contributed by atoms with Gasteiger partial charge in [-0.1, -0.05) is 23.7 Å². The molecule has 2 aromatic carbocycles. The minimum absolute atomic E-state index is 0.121. The molecule has 2 rings (SSSR count). The fourth-order valence-electron chi connectivity index (χ4n) is 1.91. The number of nitrogens with one attached hydrogen (secondary N) is 2. The molecule has 27 heavy (non-hydrogen) atoms. The van der Waals surface area contributed by atoms with Gasteiger partial charge in [0.2, 0.25) is 11.8 Å². The summed E-state index contributed by atoms with van der Waals surface area (Å²) in [4.78, 5) is 22.1. The number of para-hydroxylation sites is 2. The Kier molecular flexibility index (Phi) is 10.5. The molecule has 2 aromatic rings. The van der Waals surface area contributed by atoms with Gasteiger partial charge in [0.05, 0.1) is 37.1 Å². The number of halogens is 1. The zero-order chi connectivity index (χ0) is 20.2. The van der Waals surface area contributed by atoms with Gasteiger partial charge in [-0.05, 0) is 30.3 Å². The summed E-state index contributed by atoms with van der Waals surface area (Å²) in [5.41, 5.74) is 1.23. The van der Waals surface area contributed by atoms with Crippen LogP contribution in [-0.4, -0.2) is 37.5 Å². The molecule has 0 fully saturated rings. The number of anilines is 2. The minimum Gasteiger partial charge on any atom is -0.495 e. The second kappa shape index (κ2) is 12.4. The predicted molar refractivity (Wildman–Crippen MR) is 116 cm³/mol. The van der Waals surface area contributed by atoms with Crippen LogP contribution in [0.2, 0.25) is 5.02 Å². The Bertz CT molecular complexity index is 775. The van der Waals surface area contributed by atoms with Crippen LogP contribution in [-0.2, 0) is 9.59 Å². The van der Waals surface area contributed by atoms with Gasteiger partial charge in [-0.2, -0.15) is 25.3 Å². The zero-order valence-electron chi connectivity index (χ0n) is 14.9. The van der Waals surface area contributed by atoms with Crippen LogP contribution in [0.4, 0.5) is 11.4 Å². The number of hydrogen-bond donors (Lipinski definition) is 4. The van der Waals surface area contributed by atoms with Crippen molar-refractivity contribution in [2.75, 3.05) is 36.4 Å². The van der Waals surface area contributed by atoms with Crippen molar-refractivity contribution >= 4 is 60.0 Å². The summed E-state index contributed by atoms with van der Waals surface area (Å²) in [6, 6.07) is 12.2. The molecule has 0 bridgehead atoms. The smallest absolute Gasteiger partial charge is 0.234 e. The number of thiol groups is 2. The SMILES string of the molecule is COc1ccc(Cl)cc1NC(=O)CS.COc1ccccc1NC(=O)CS. The first kappa shape index (κ1) is 23.0. The Morgan fingerprint density at radius 3 is 1.96 bits per heavy atom. The maximum absolute atomic E-state index is 11.1. The van der Waals surface area contributed by atoms with Crippen LogP contribution in [0.5, 0.6) is 11.5 Å². The summed E-state index contributed by atoms with van der Waals surface area (Å²) in [7, 11) is 3.09. The van der Waals surface area contributed by atoms with E-state index in [1.54, 1.807) is 37.4 Å². The van der Waals surface area contributed by atoms with E-state index in [2.05, 4.69) is 35.9 Å². The summed E-state index contributed by atoms with van der Waals surface area (Å²) in [5, 5.41) is 5.84. The molecule has 0 heterocycles. The van der Waals surface area contributed by atoms with E-state index in [1.165, 1.54) is 7.11 Å². The highest BCUT2D eigenvalue weighted by Crippen LogP contribution is 2.27. The lowest BCUT2D eigenvalue weighted by Crippen LogP contribution is -2.13. The summed E-state index contributed by atoms with van der Waals surface area (Å²) in [6.07, 6.45) is 0. The fraction of sp³-hybridized carbons (Fsp3) is 0.222. The zero-order valence-corrected chi connectivity index (χ0v) is 17.4. The van der Waals surface area contributed by atoms with Crippen LogP contribution < -0.4 is 20.1 Å². The maximum atomic E-state index is 11.1. The first-order valence-electron chi connectivity index (χ1n) is 7.73. The van der Waals surface area contributed by atoms with Gasteiger partial charge >= 0.3 is 0 Å². The Morgan fingerprint density at radius 1 is 0.889 bits per heavy atom. The average molecular weight is 429 g/mol. The number of carbonyl (C=O) groups excluding carboxylic acids is 2. The molecular weight excluding hydrogens is 408 g/mol. The number of benzene rings is 2. The minimum atomic E-state index is -0.200. The number of ether oxygens (including phenoxy) is 2. The van der Waals surface area contributed by atoms with E-state index in [1.807, 2.05) is 12.1 Å². The van der Waals surface area contributed by atoms with Crippen LogP contribution in [0.25, 0.3) is 0 Å². The van der Waals surface area contributed by atoms with E-state index in [0.717, 1.165) is 0 Å². The van der Waals surface area contributed by atoms with E-state index < -0.39 is 0 Å². The Labute approximate surface area is 174 Å². The Balaban J connectivity index is 0.000000271. The van der Waals surface area contributed by atoms with Gasteiger partial charge in [-0.15, -0.1) is 0 Å². The van der Waals surface area contributed by atoms with E-state index in [-0.39, 0.29) is 23.3 Å². The molecule has 0 saturated heterocycles. The van der Waals surface area contributed by atoms with Gasteiger partial charge in [0, 0.05) is 5.02 Å². The van der Waals surface area contributed by atoms with Crippen molar-refractivity contribution in [1.29, 1.82) is 0 Å². The Hall–Kier alpha value is -2.03. The summed E-state index contributed by atoms with van der Waals surface area (Å²) in [5.74, 6) is 1.16. The molecule has 0 saturated carbocycles. The van der Waals surface area contributed by atoms with Crippen molar-refractivity contribution in [3.05, 3.63) is 47.5 Å². The Morgan fingerprint density at radius 2 is 1.41 bits per heavy atom. The summed E-state index contributed by atoms with van der Waals surface area (Å²) in [6.45, 7) is 0. The van der Waals surface area contributed by atoms with Crippen molar-refractivity contribution in [3.8, 4) is 11.5 Å². The molecule has 9 heteroatoms. The van der Waals surface area contributed by atoms with Crippen LogP contribution in [0, 0.1) is 0 Å². The molecule has 0 aliphatic rings. The van der Waals surface area contributed by atoms with Crippen molar-refractivity contribution in [3.63, 3.8) is 0 Å². The second-order valence-electron chi connectivity index (χ2n) is 4.96. The van der Waals surface area contributed by atoms with Crippen molar-refractivity contribution in [2.45, 2.75) is 0 Å². The number of amides is 2. The lowest BCUT2D eigenvalue weighted by molar-refractivity contribution is -0.114. The molecule has 146 valence electrons. The van der Waals surface area contributed by atoms with E-state index in [9.17, 15) is 9.59 Å². The summed E-state index contributed by atoms with van der Waals surface area (Å²) >= 11 is 13.5. The monoisotopic (exact) mass is 428 g/mol. The highest BCUT2D eigenvalue weighted by atomic mass is 35.5. The highest BCUT2D eigenvalue weighted by Gasteiger charge is 2.06.